The minimum atomic E-state index is -0.118. The van der Waals surface area contributed by atoms with Crippen LogP contribution in [0.3, 0.4) is 0 Å². The quantitative estimate of drug-likeness (QED) is 0.517. The zero-order chi connectivity index (χ0) is 7.35. The number of carbonyl (C=O) groups is 1. The van der Waals surface area contributed by atoms with Crippen molar-refractivity contribution < 1.29 is 9.90 Å². The maximum Gasteiger partial charge on any atom is 0.226 e. The van der Waals surface area contributed by atoms with E-state index in [9.17, 15) is 4.79 Å². The Morgan fingerprint density at radius 3 is 2.80 bits per heavy atom. The number of aliphatic hydroxyl groups is 1. The average Bonchev–Trinajstić information content (AvgIpc) is 2.52. The van der Waals surface area contributed by atoms with Crippen molar-refractivity contribution in [2.24, 2.45) is 11.3 Å². The van der Waals surface area contributed by atoms with Gasteiger partial charge in [-0.1, -0.05) is 6.92 Å². The monoisotopic (exact) mass is 141 g/mol. The van der Waals surface area contributed by atoms with Crippen molar-refractivity contribution in [3.05, 3.63) is 0 Å². The molecule has 3 unspecified atom stereocenters. The van der Waals surface area contributed by atoms with Crippen molar-refractivity contribution in [1.29, 1.82) is 0 Å². The first-order valence-electron chi connectivity index (χ1n) is 3.60. The molecule has 1 heterocycles. The Bertz CT molecular complexity index is 192. The molecule has 0 spiro atoms. The van der Waals surface area contributed by atoms with Gasteiger partial charge in [-0.2, -0.15) is 0 Å². The Morgan fingerprint density at radius 1 is 1.90 bits per heavy atom. The van der Waals surface area contributed by atoms with Crippen LogP contribution in [0.5, 0.6) is 0 Å². The van der Waals surface area contributed by atoms with E-state index >= 15 is 0 Å². The highest BCUT2D eigenvalue weighted by Crippen LogP contribution is 2.57. The van der Waals surface area contributed by atoms with Gasteiger partial charge in [0.1, 0.15) is 0 Å². The first kappa shape index (κ1) is 6.16. The van der Waals surface area contributed by atoms with E-state index in [0.717, 1.165) is 6.42 Å². The van der Waals surface area contributed by atoms with Crippen LogP contribution < -0.4 is 5.32 Å². The number of fused-ring (bicyclic) bond motifs is 1. The predicted molar refractivity (Wildman–Crippen MR) is 35.2 cm³/mol. The molecule has 2 fully saturated rings. The van der Waals surface area contributed by atoms with Gasteiger partial charge in [0.25, 0.3) is 0 Å². The van der Waals surface area contributed by atoms with Crippen LogP contribution in [0.2, 0.25) is 0 Å². The first-order valence-corrected chi connectivity index (χ1v) is 3.60. The van der Waals surface area contributed by atoms with E-state index in [-0.39, 0.29) is 24.0 Å². The molecule has 1 saturated carbocycles. The molecule has 1 aliphatic heterocycles. The second-order valence-electron chi connectivity index (χ2n) is 3.49. The summed E-state index contributed by atoms with van der Waals surface area (Å²) in [6.07, 6.45) is 0.962. The van der Waals surface area contributed by atoms with Gasteiger partial charge in [-0.25, -0.2) is 0 Å². The lowest BCUT2D eigenvalue weighted by atomic mass is 10.1. The zero-order valence-corrected chi connectivity index (χ0v) is 5.92. The molecule has 3 heteroatoms. The Kier molecular flexibility index (Phi) is 0.944. The Labute approximate surface area is 59.4 Å². The van der Waals surface area contributed by atoms with Gasteiger partial charge < -0.3 is 10.4 Å². The fraction of sp³-hybridized carbons (Fsp3) is 0.857. The lowest BCUT2D eigenvalue weighted by Crippen LogP contribution is -2.33. The highest BCUT2D eigenvalue weighted by molar-refractivity contribution is 5.89. The molecule has 0 aromatic heterocycles. The van der Waals surface area contributed by atoms with Gasteiger partial charge in [0.15, 0.2) is 0 Å². The molecule has 56 valence electrons. The molecule has 1 saturated heterocycles. The highest BCUT2D eigenvalue weighted by atomic mass is 16.3. The third-order valence-electron chi connectivity index (χ3n) is 2.82. The second-order valence-corrected chi connectivity index (χ2v) is 3.49. The molecule has 0 bridgehead atoms. The van der Waals surface area contributed by atoms with Crippen molar-refractivity contribution in [3.63, 3.8) is 0 Å². The van der Waals surface area contributed by atoms with Crippen LogP contribution in [-0.2, 0) is 4.79 Å². The second kappa shape index (κ2) is 1.53. The highest BCUT2D eigenvalue weighted by Gasteiger charge is 2.64. The molecule has 3 atom stereocenters. The number of amides is 1. The maximum absolute atomic E-state index is 11.1. The van der Waals surface area contributed by atoms with Crippen LogP contribution in [0, 0.1) is 11.3 Å². The van der Waals surface area contributed by atoms with Gasteiger partial charge in [0.05, 0.1) is 18.1 Å². The van der Waals surface area contributed by atoms with E-state index in [2.05, 4.69) is 5.32 Å². The summed E-state index contributed by atoms with van der Waals surface area (Å²) < 4.78 is 0. The van der Waals surface area contributed by atoms with Crippen LogP contribution >= 0.6 is 0 Å². The van der Waals surface area contributed by atoms with Crippen LogP contribution in [0.4, 0.5) is 0 Å². The first-order chi connectivity index (χ1) is 4.68. The molecule has 2 aliphatic rings. The van der Waals surface area contributed by atoms with E-state index in [4.69, 9.17) is 5.11 Å². The molecule has 1 amide bonds. The Hall–Kier alpha value is -0.570. The van der Waals surface area contributed by atoms with Gasteiger partial charge in [-0.15, -0.1) is 0 Å². The number of rotatable bonds is 1. The summed E-state index contributed by atoms with van der Waals surface area (Å²) in [7, 11) is 0. The molecule has 10 heavy (non-hydrogen) atoms. The van der Waals surface area contributed by atoms with Crippen molar-refractivity contribution in [2.45, 2.75) is 19.4 Å². The van der Waals surface area contributed by atoms with Crippen LogP contribution in [0.15, 0.2) is 0 Å². The third kappa shape index (κ3) is 0.515. The van der Waals surface area contributed by atoms with Crippen molar-refractivity contribution in [1.82, 2.24) is 5.32 Å². The molecule has 0 aromatic rings. The minimum Gasteiger partial charge on any atom is -0.394 e. The van der Waals surface area contributed by atoms with Crippen LogP contribution in [-0.4, -0.2) is 23.7 Å². The number of nitrogens with one attached hydrogen (secondary N) is 1. The topological polar surface area (TPSA) is 49.3 Å². The summed E-state index contributed by atoms with van der Waals surface area (Å²) in [4.78, 5) is 11.1. The molecule has 2 N–H and O–H groups in total. The van der Waals surface area contributed by atoms with E-state index in [0.29, 0.717) is 5.92 Å². The molecule has 2 rings (SSSR count). The van der Waals surface area contributed by atoms with Gasteiger partial charge in [0, 0.05) is 0 Å². The SMILES string of the molecule is CC12CC1C(CO)NC2=O. The third-order valence-corrected chi connectivity index (χ3v) is 2.82. The molecule has 3 nitrogen and oxygen atoms in total. The van der Waals surface area contributed by atoms with E-state index < -0.39 is 0 Å². The van der Waals surface area contributed by atoms with Crippen molar-refractivity contribution >= 4 is 5.91 Å². The minimum absolute atomic E-state index is 0.0394. The average molecular weight is 141 g/mol. The summed E-state index contributed by atoms with van der Waals surface area (Å²) >= 11 is 0. The van der Waals surface area contributed by atoms with Crippen molar-refractivity contribution in [2.75, 3.05) is 6.61 Å². The van der Waals surface area contributed by atoms with Gasteiger partial charge in [0.2, 0.25) is 5.91 Å². The number of hydrogen-bond donors (Lipinski definition) is 2. The molecular formula is C7H11NO2. The van der Waals surface area contributed by atoms with Gasteiger partial charge in [-0.05, 0) is 12.3 Å². The predicted octanol–water partition coefficient (Wildman–Crippen LogP) is -0.497. The number of aliphatic hydroxyl groups excluding tert-OH is 1. The Morgan fingerprint density at radius 2 is 2.60 bits per heavy atom. The van der Waals surface area contributed by atoms with Crippen molar-refractivity contribution in [3.8, 4) is 0 Å². The summed E-state index contributed by atoms with van der Waals surface area (Å²) in [5, 5.41) is 11.5. The normalized spacial score (nSPS) is 50.4. The van der Waals surface area contributed by atoms with Gasteiger partial charge in [-0.3, -0.25) is 4.79 Å². The van der Waals surface area contributed by atoms with Crippen LogP contribution in [0.1, 0.15) is 13.3 Å². The van der Waals surface area contributed by atoms with E-state index in [1.807, 2.05) is 6.92 Å². The van der Waals surface area contributed by atoms with Gasteiger partial charge >= 0.3 is 0 Å². The largest absolute Gasteiger partial charge is 0.394 e. The number of carbonyl (C=O) groups excluding carboxylic acids is 1. The van der Waals surface area contributed by atoms with E-state index in [1.165, 1.54) is 0 Å². The standard InChI is InChI=1S/C7H11NO2/c1-7-2-4(7)5(3-9)8-6(7)10/h4-5,9H,2-3H2,1H3,(H,8,10). The summed E-state index contributed by atoms with van der Waals surface area (Å²) in [5.74, 6) is 0.529. The summed E-state index contributed by atoms with van der Waals surface area (Å²) in [6.45, 7) is 2.05. The fourth-order valence-corrected chi connectivity index (χ4v) is 1.85. The van der Waals surface area contributed by atoms with E-state index in [1.54, 1.807) is 0 Å². The summed E-state index contributed by atoms with van der Waals surface area (Å²) in [5.41, 5.74) is -0.118. The van der Waals surface area contributed by atoms with Crippen LogP contribution in [0.25, 0.3) is 0 Å². The molecular weight excluding hydrogens is 130 g/mol. The zero-order valence-electron chi connectivity index (χ0n) is 5.92. The number of hydrogen-bond acceptors (Lipinski definition) is 2. The lowest BCUT2D eigenvalue weighted by Gasteiger charge is -2.07. The number of piperidine rings is 1. The smallest absolute Gasteiger partial charge is 0.226 e. The molecule has 0 radical (unpaired) electrons. The molecule has 0 aromatic carbocycles. The Balaban J connectivity index is 2.17. The lowest BCUT2D eigenvalue weighted by molar-refractivity contribution is -0.124. The maximum atomic E-state index is 11.1. The fourth-order valence-electron chi connectivity index (χ4n) is 1.85. The summed E-state index contributed by atoms with van der Waals surface area (Å²) in [6, 6.07) is 0.0394. The molecule has 1 aliphatic carbocycles.